The molecular weight excluding hydrogens is 530 g/mol. The van der Waals surface area contributed by atoms with Crippen LogP contribution in [0.3, 0.4) is 0 Å². The average molecular weight is 575 g/mol. The van der Waals surface area contributed by atoms with Crippen molar-refractivity contribution in [3.63, 3.8) is 0 Å². The van der Waals surface area contributed by atoms with E-state index in [1.165, 1.54) is 13.8 Å². The monoisotopic (exact) mass is 574 g/mol. The molecule has 0 aromatic heterocycles. The fourth-order valence-corrected chi connectivity index (χ4v) is 6.05. The fourth-order valence-electron chi connectivity index (χ4n) is 6.05. The predicted molar refractivity (Wildman–Crippen MR) is 133 cm³/mol. The normalized spacial score (nSPS) is 21.7. The Morgan fingerprint density at radius 1 is 0.872 bits per heavy atom. The van der Waals surface area contributed by atoms with Crippen molar-refractivity contribution in [1.82, 2.24) is 0 Å². The van der Waals surface area contributed by atoms with Crippen LogP contribution in [0.1, 0.15) is 118 Å². The summed E-state index contributed by atoms with van der Waals surface area (Å²) in [5.74, 6) is -2.26. The summed E-state index contributed by atoms with van der Waals surface area (Å²) < 4.78 is 92.5. The Labute approximate surface area is 227 Å². The van der Waals surface area contributed by atoms with Gasteiger partial charge in [0.25, 0.3) is 5.60 Å². The van der Waals surface area contributed by atoms with E-state index in [0.29, 0.717) is 25.7 Å². The Bertz CT molecular complexity index is 826. The quantitative estimate of drug-likeness (QED) is 0.201. The van der Waals surface area contributed by atoms with Crippen molar-refractivity contribution in [1.29, 1.82) is 0 Å². The number of hydrogen-bond donors (Lipinski definition) is 1. The van der Waals surface area contributed by atoms with Gasteiger partial charge in [-0.25, -0.2) is 0 Å². The molecule has 0 aromatic carbocycles. The molecule has 2 aliphatic carbocycles. The number of hydrogen-bond acceptors (Lipinski definition) is 5. The minimum atomic E-state index is -6.01. The third-order valence-electron chi connectivity index (χ3n) is 8.99. The zero-order chi connectivity index (χ0) is 29.9. The van der Waals surface area contributed by atoms with Gasteiger partial charge in [0.05, 0.1) is 10.8 Å². The molecule has 0 radical (unpaired) electrons. The van der Waals surface area contributed by atoms with Crippen molar-refractivity contribution in [2.24, 2.45) is 16.7 Å². The number of halogens is 6. The van der Waals surface area contributed by atoms with Gasteiger partial charge >= 0.3 is 24.3 Å². The largest absolute Gasteiger partial charge is 0.462 e. The molecule has 2 aliphatic rings. The molecule has 0 heterocycles. The molecule has 2 atom stereocenters. The molecular formula is C28H44F6O5. The molecule has 2 unspecified atom stereocenters. The third kappa shape index (κ3) is 7.61. The van der Waals surface area contributed by atoms with Crippen LogP contribution in [0.4, 0.5) is 26.3 Å². The zero-order valence-corrected chi connectivity index (χ0v) is 23.7. The van der Waals surface area contributed by atoms with Gasteiger partial charge in [0, 0.05) is 6.42 Å². The van der Waals surface area contributed by atoms with Gasteiger partial charge in [-0.2, -0.15) is 26.3 Å². The summed E-state index contributed by atoms with van der Waals surface area (Å²) in [4.78, 5) is 26.7. The molecule has 39 heavy (non-hydrogen) atoms. The Balaban J connectivity index is 2.29. The minimum absolute atomic E-state index is 0.0752. The first-order valence-electron chi connectivity index (χ1n) is 14.1. The summed E-state index contributed by atoms with van der Waals surface area (Å²) in [6.45, 7) is 8.26. The van der Waals surface area contributed by atoms with Crippen LogP contribution in [-0.4, -0.2) is 46.7 Å². The first-order chi connectivity index (χ1) is 17.8. The highest BCUT2D eigenvalue weighted by Gasteiger charge is 2.71. The van der Waals surface area contributed by atoms with Crippen LogP contribution in [-0.2, 0) is 19.1 Å². The number of carbonyl (C=O) groups is 2. The number of esters is 2. The lowest BCUT2D eigenvalue weighted by molar-refractivity contribution is -0.375. The number of ether oxygens (including phenoxy) is 2. The highest BCUT2D eigenvalue weighted by molar-refractivity contribution is 5.80. The predicted octanol–water partition coefficient (Wildman–Crippen LogP) is 7.82. The van der Waals surface area contributed by atoms with Crippen molar-refractivity contribution in [3.8, 4) is 0 Å². The second kappa shape index (κ2) is 12.1. The molecule has 0 saturated heterocycles. The number of carbonyl (C=O) groups excluding carboxylic acids is 2. The van der Waals surface area contributed by atoms with Crippen LogP contribution in [0.5, 0.6) is 0 Å². The summed E-state index contributed by atoms with van der Waals surface area (Å²) in [6, 6.07) is 0. The topological polar surface area (TPSA) is 72.8 Å². The van der Waals surface area contributed by atoms with Crippen molar-refractivity contribution < 1.29 is 50.5 Å². The van der Waals surface area contributed by atoms with Gasteiger partial charge in [0.1, 0.15) is 11.7 Å². The van der Waals surface area contributed by atoms with Gasteiger partial charge in [0.15, 0.2) is 0 Å². The Hall–Kier alpha value is -1.52. The van der Waals surface area contributed by atoms with E-state index >= 15 is 0 Å². The van der Waals surface area contributed by atoms with E-state index in [1.807, 2.05) is 6.92 Å². The van der Waals surface area contributed by atoms with Gasteiger partial charge in [-0.15, -0.1) is 0 Å². The Morgan fingerprint density at radius 3 is 1.82 bits per heavy atom. The van der Waals surface area contributed by atoms with Gasteiger partial charge in [0.2, 0.25) is 0 Å². The summed E-state index contributed by atoms with van der Waals surface area (Å²) in [6.07, 6.45) is -8.97. The summed E-state index contributed by atoms with van der Waals surface area (Å²) in [7, 11) is 0. The summed E-state index contributed by atoms with van der Waals surface area (Å²) >= 11 is 0. The maximum absolute atomic E-state index is 13.5. The highest BCUT2D eigenvalue weighted by Crippen LogP contribution is 2.49. The molecule has 0 spiro atoms. The van der Waals surface area contributed by atoms with Crippen LogP contribution >= 0.6 is 0 Å². The number of rotatable bonds is 11. The van der Waals surface area contributed by atoms with Crippen LogP contribution < -0.4 is 0 Å². The molecule has 0 amide bonds. The van der Waals surface area contributed by atoms with Crippen molar-refractivity contribution >= 4 is 11.9 Å². The minimum Gasteiger partial charge on any atom is -0.462 e. The maximum Gasteiger partial charge on any atom is 0.426 e. The van der Waals surface area contributed by atoms with E-state index in [2.05, 4.69) is 0 Å². The summed E-state index contributed by atoms with van der Waals surface area (Å²) in [5, 5.41) is 9.88. The smallest absolute Gasteiger partial charge is 0.426 e. The van der Waals surface area contributed by atoms with E-state index in [9.17, 15) is 41.0 Å². The Kier molecular flexibility index (Phi) is 10.5. The van der Waals surface area contributed by atoms with Gasteiger partial charge in [-0.1, -0.05) is 33.1 Å². The van der Waals surface area contributed by atoms with Gasteiger partial charge in [-0.05, 0) is 84.5 Å². The highest BCUT2D eigenvalue weighted by atomic mass is 19.4. The van der Waals surface area contributed by atoms with Crippen molar-refractivity contribution in [3.05, 3.63) is 0 Å². The van der Waals surface area contributed by atoms with E-state index in [0.717, 1.165) is 32.1 Å². The molecule has 0 bridgehead atoms. The van der Waals surface area contributed by atoms with E-state index < -0.39 is 64.8 Å². The second-order valence-corrected chi connectivity index (χ2v) is 12.5. The number of aliphatic hydroxyl groups is 1. The molecule has 0 aliphatic heterocycles. The maximum atomic E-state index is 13.5. The molecule has 2 saturated carbocycles. The van der Waals surface area contributed by atoms with E-state index in [-0.39, 0.29) is 19.3 Å². The lowest BCUT2D eigenvalue weighted by Gasteiger charge is -2.40. The van der Waals surface area contributed by atoms with E-state index in [1.54, 1.807) is 13.8 Å². The van der Waals surface area contributed by atoms with Crippen molar-refractivity contribution in [2.45, 2.75) is 148 Å². The average Bonchev–Trinajstić information content (AvgIpc) is 3.31. The lowest BCUT2D eigenvalue weighted by Crippen LogP contribution is -2.59. The van der Waals surface area contributed by atoms with Crippen molar-refractivity contribution in [2.75, 3.05) is 0 Å². The second-order valence-electron chi connectivity index (χ2n) is 12.5. The van der Waals surface area contributed by atoms with E-state index in [4.69, 9.17) is 9.47 Å². The van der Waals surface area contributed by atoms with Crippen LogP contribution in [0.15, 0.2) is 0 Å². The van der Waals surface area contributed by atoms with Gasteiger partial charge in [-0.3, -0.25) is 9.59 Å². The first-order valence-corrected chi connectivity index (χ1v) is 14.1. The molecule has 1 N–H and O–H groups in total. The van der Waals surface area contributed by atoms with Crippen LogP contribution in [0.2, 0.25) is 0 Å². The third-order valence-corrected chi connectivity index (χ3v) is 8.99. The van der Waals surface area contributed by atoms with Gasteiger partial charge < -0.3 is 14.6 Å². The molecule has 2 rings (SSSR count). The van der Waals surface area contributed by atoms with Crippen LogP contribution in [0.25, 0.3) is 0 Å². The first kappa shape index (κ1) is 33.7. The molecule has 2 fully saturated rings. The standard InChI is InChI=1S/C28H44F6O5/c1-6-24(5,22(36)39-25(7-2)15-11-12-16-25)18-23(3,4)21(35)38-20(19-13-9-8-10-14-19)17-26(37,27(29,30)31)28(32,33)34/h19-20,37H,6-18H2,1-5H3. The Morgan fingerprint density at radius 2 is 1.38 bits per heavy atom. The molecule has 228 valence electrons. The molecule has 0 aromatic rings. The molecule has 5 nitrogen and oxygen atoms in total. The number of alkyl halides is 6. The molecule has 11 heteroatoms. The summed E-state index contributed by atoms with van der Waals surface area (Å²) in [5.41, 5.74) is -8.15. The SMILES string of the molecule is CCC1(OC(=O)C(C)(CC)CC(C)(C)C(=O)OC(CC(O)(C(F)(F)F)C(F)(F)F)C2CCCCC2)CCCC1. The van der Waals surface area contributed by atoms with Crippen LogP contribution in [0, 0.1) is 16.7 Å². The fraction of sp³-hybridized carbons (Fsp3) is 0.929. The zero-order valence-electron chi connectivity index (χ0n) is 23.7. The lowest BCUT2D eigenvalue weighted by atomic mass is 9.72.